The molecule has 0 bridgehead atoms. The Morgan fingerprint density at radius 1 is 0.768 bits per heavy atom. The number of nitro benzene ring substituents is 1. The number of carboxylic acids is 2. The number of esters is 1. The number of carbonyl (C=O) groups excluding carboxylic acids is 9. The first-order valence-electron chi connectivity index (χ1n) is 21.2. The van der Waals surface area contributed by atoms with Crippen LogP contribution in [0.2, 0.25) is 0 Å². The molecule has 0 saturated heterocycles. The number of aliphatic carboxylic acids is 2. The Bertz CT molecular complexity index is 1940. The Balaban J connectivity index is 0.00000162. The summed E-state index contributed by atoms with van der Waals surface area (Å²) < 4.78 is 16.3. The van der Waals surface area contributed by atoms with Crippen molar-refractivity contribution in [1.29, 1.82) is 0 Å². The standard InChI is InChI=1S/C28H44N6O11.C12H19N5O7/c1-17(45-26(38)10-6-11-29)18-14-22(43-3)23(16-21(18)34(41)42)44-13-7-9-24(35)32-12-5-4-8-19(27(30)39)33-28(40)20(31-2)15-25(36)37;13-2-8(19)14-3-9(20)15-4-10(21)16-5-11(22)17-7(6-18)1-12(23)24/h14,16-17,19-20,31H,4-13,15,29H2,1-3H3,(H2,30,39)(H,32,35)(H,33,40)(H,36,37);6-7H,1-5,13H2,(H,14,19)(H,15,20)(H,16,21)(H,17,22)(H,23,24). The molecule has 0 aliphatic rings. The third kappa shape index (κ3) is 27.6. The lowest BCUT2D eigenvalue weighted by Crippen LogP contribution is -2.51. The predicted octanol–water partition coefficient (Wildman–Crippen LogP) is -4.12. The van der Waals surface area contributed by atoms with E-state index in [9.17, 15) is 62.9 Å². The first kappa shape index (κ1) is 61.5. The average molecular weight is 986 g/mol. The van der Waals surface area contributed by atoms with Gasteiger partial charge in [0.1, 0.15) is 18.4 Å². The minimum atomic E-state index is -1.26. The predicted molar refractivity (Wildman–Crippen MR) is 239 cm³/mol. The van der Waals surface area contributed by atoms with Gasteiger partial charge in [0, 0.05) is 19.4 Å². The zero-order valence-corrected chi connectivity index (χ0v) is 38.5. The van der Waals surface area contributed by atoms with Crippen LogP contribution in [0.5, 0.6) is 11.5 Å². The molecule has 0 heterocycles. The molecule has 7 amide bonds. The summed E-state index contributed by atoms with van der Waals surface area (Å²) in [6.45, 7) is 0.627. The van der Waals surface area contributed by atoms with Gasteiger partial charge in [-0.15, -0.1) is 0 Å². The molecule has 0 spiro atoms. The number of aldehydes is 1. The number of nitro groups is 1. The van der Waals surface area contributed by atoms with Crippen molar-refractivity contribution in [3.63, 3.8) is 0 Å². The molecule has 1 rings (SSSR count). The van der Waals surface area contributed by atoms with E-state index < -0.39 is 108 Å². The number of hydrogen-bond acceptors (Lipinski definition) is 19. The minimum absolute atomic E-state index is 0.0549. The molecule has 1 aromatic carbocycles. The number of carbonyl (C=O) groups is 11. The number of ether oxygens (including phenoxy) is 3. The SMILES string of the molecule is CNC(CC(=O)O)C(=O)NC(CCCCNC(=O)CCCOc1cc([N+](=O)[O-])c(C(C)OC(=O)CCCN)cc1OC)C(N)=O.NCC(=O)NCC(=O)NCC(=O)NCC(=O)NC(C=O)CC(=O)O. The number of nitrogens with zero attached hydrogens (tertiary/aromatic N) is 1. The normalized spacial score (nSPS) is 12.1. The lowest BCUT2D eigenvalue weighted by Gasteiger charge is -2.19. The first-order chi connectivity index (χ1) is 32.6. The van der Waals surface area contributed by atoms with E-state index in [1.165, 1.54) is 33.2 Å². The fourth-order valence-electron chi connectivity index (χ4n) is 5.46. The zero-order valence-electron chi connectivity index (χ0n) is 38.5. The maximum atomic E-state index is 12.2. The summed E-state index contributed by atoms with van der Waals surface area (Å²) in [5, 5.41) is 45.5. The van der Waals surface area contributed by atoms with Crippen molar-refractivity contribution in [2.24, 2.45) is 17.2 Å². The van der Waals surface area contributed by atoms with E-state index in [4.69, 9.17) is 41.6 Å². The molecular formula is C40H63N11O18. The van der Waals surface area contributed by atoms with Gasteiger partial charge in [-0.25, -0.2) is 0 Å². The van der Waals surface area contributed by atoms with E-state index in [-0.39, 0.29) is 73.9 Å². The topological polar surface area (TPSA) is 461 Å². The summed E-state index contributed by atoms with van der Waals surface area (Å²) in [5.41, 5.74) is 15.6. The van der Waals surface area contributed by atoms with Crippen LogP contribution in [0.1, 0.15) is 76.4 Å². The quantitative estimate of drug-likeness (QED) is 0.0103. The minimum Gasteiger partial charge on any atom is -0.493 e. The highest BCUT2D eigenvalue weighted by Gasteiger charge is 2.27. The zero-order chi connectivity index (χ0) is 52.5. The smallest absolute Gasteiger partial charge is 0.306 e. The highest BCUT2D eigenvalue weighted by molar-refractivity contribution is 5.92. The number of primary amides is 1. The molecule has 1 aromatic rings. The number of methoxy groups -OCH3 is 1. The summed E-state index contributed by atoms with van der Waals surface area (Å²) >= 11 is 0. The molecule has 15 N–H and O–H groups in total. The van der Waals surface area contributed by atoms with Crippen LogP contribution < -0.4 is 63.9 Å². The maximum Gasteiger partial charge on any atom is 0.306 e. The molecule has 0 saturated carbocycles. The van der Waals surface area contributed by atoms with Gasteiger partial charge in [0.25, 0.3) is 5.69 Å². The van der Waals surface area contributed by atoms with Gasteiger partial charge >= 0.3 is 17.9 Å². The van der Waals surface area contributed by atoms with Gasteiger partial charge < -0.3 is 83.6 Å². The van der Waals surface area contributed by atoms with Crippen molar-refractivity contribution in [1.82, 2.24) is 37.2 Å². The molecule has 4 unspecified atom stereocenters. The number of amides is 7. The van der Waals surface area contributed by atoms with Crippen molar-refractivity contribution in [2.75, 3.05) is 60.0 Å². The number of nitrogens with one attached hydrogen (secondary N) is 7. The lowest BCUT2D eigenvalue weighted by atomic mass is 10.1. The Hall–Kier alpha value is -7.53. The molecule has 29 heteroatoms. The summed E-state index contributed by atoms with van der Waals surface area (Å²) in [4.78, 5) is 136. The van der Waals surface area contributed by atoms with Gasteiger partial charge in [0.15, 0.2) is 11.5 Å². The number of unbranched alkanes of at least 4 members (excludes halogenated alkanes) is 1. The second kappa shape index (κ2) is 34.7. The maximum absolute atomic E-state index is 12.2. The number of nitrogens with two attached hydrogens (primary N) is 3. The summed E-state index contributed by atoms with van der Waals surface area (Å²) in [6, 6.07) is -0.639. The van der Waals surface area contributed by atoms with Crippen LogP contribution in [0.25, 0.3) is 0 Å². The number of hydrogen-bond donors (Lipinski definition) is 12. The van der Waals surface area contributed by atoms with Crippen molar-refractivity contribution in [2.45, 2.75) is 88.9 Å². The van der Waals surface area contributed by atoms with Crippen molar-refractivity contribution in [3.8, 4) is 11.5 Å². The van der Waals surface area contributed by atoms with E-state index in [0.29, 0.717) is 38.8 Å². The third-order valence-corrected chi connectivity index (χ3v) is 9.02. The van der Waals surface area contributed by atoms with Crippen LogP contribution in [0.3, 0.4) is 0 Å². The van der Waals surface area contributed by atoms with Crippen LogP contribution in [0.4, 0.5) is 5.69 Å². The molecule has 0 fully saturated rings. The van der Waals surface area contributed by atoms with Crippen LogP contribution in [0.15, 0.2) is 12.1 Å². The molecule has 0 aliphatic carbocycles. The number of likely N-dealkylation sites (N-methyl/N-ethyl adjacent to an activating group) is 1. The van der Waals surface area contributed by atoms with Gasteiger partial charge in [-0.1, -0.05) is 0 Å². The second-order valence-electron chi connectivity index (χ2n) is 14.5. The number of benzene rings is 1. The van der Waals surface area contributed by atoms with Gasteiger partial charge in [-0.3, -0.25) is 58.1 Å². The molecule has 4 atom stereocenters. The molecule has 0 aromatic heterocycles. The Labute approximate surface area is 395 Å². The number of carboxylic acid groups (broad SMARTS) is 2. The summed E-state index contributed by atoms with van der Waals surface area (Å²) in [5.74, 6) is -6.97. The van der Waals surface area contributed by atoms with E-state index in [1.54, 1.807) is 0 Å². The van der Waals surface area contributed by atoms with Crippen LogP contribution in [0, 0.1) is 10.1 Å². The van der Waals surface area contributed by atoms with Crippen molar-refractivity contribution in [3.05, 3.63) is 27.8 Å². The highest BCUT2D eigenvalue weighted by atomic mass is 16.6. The number of rotatable bonds is 34. The molecule has 0 radical (unpaired) electrons. The Morgan fingerprint density at radius 2 is 1.38 bits per heavy atom. The molecule has 0 aliphatic heterocycles. The monoisotopic (exact) mass is 985 g/mol. The van der Waals surface area contributed by atoms with Gasteiger partial charge in [0.2, 0.25) is 41.4 Å². The van der Waals surface area contributed by atoms with Crippen LogP contribution in [-0.4, -0.2) is 159 Å². The van der Waals surface area contributed by atoms with Crippen molar-refractivity contribution >= 4 is 71.2 Å². The van der Waals surface area contributed by atoms with Crippen LogP contribution >= 0.6 is 0 Å². The fourth-order valence-corrected chi connectivity index (χ4v) is 5.46. The second-order valence-corrected chi connectivity index (χ2v) is 14.5. The van der Waals surface area contributed by atoms with Gasteiger partial charge in [0.05, 0.1) is 81.4 Å². The summed E-state index contributed by atoms with van der Waals surface area (Å²) in [7, 11) is 2.79. The highest BCUT2D eigenvalue weighted by Crippen LogP contribution is 2.38. The fraction of sp³-hybridized carbons (Fsp3) is 0.575. The Morgan fingerprint density at radius 3 is 1.90 bits per heavy atom. The average Bonchev–Trinajstić information content (AvgIpc) is 3.30. The summed E-state index contributed by atoms with van der Waals surface area (Å²) in [6.07, 6.45) is 0.360. The van der Waals surface area contributed by atoms with Crippen molar-refractivity contribution < 1.29 is 82.1 Å². The van der Waals surface area contributed by atoms with Gasteiger partial charge in [-0.05, 0) is 58.7 Å². The van der Waals surface area contributed by atoms with E-state index in [2.05, 4.69) is 37.2 Å². The largest absolute Gasteiger partial charge is 0.493 e. The van der Waals surface area contributed by atoms with E-state index >= 15 is 0 Å². The third-order valence-electron chi connectivity index (χ3n) is 9.02. The van der Waals surface area contributed by atoms with Crippen LogP contribution in [-0.2, 0) is 57.5 Å². The van der Waals surface area contributed by atoms with Gasteiger partial charge in [-0.2, -0.15) is 0 Å². The molecule has 69 heavy (non-hydrogen) atoms. The molecular weight excluding hydrogens is 922 g/mol. The first-order valence-corrected chi connectivity index (χ1v) is 21.2. The van der Waals surface area contributed by atoms with E-state index in [1.807, 2.05) is 0 Å². The van der Waals surface area contributed by atoms with E-state index in [0.717, 1.165) is 0 Å². The lowest BCUT2D eigenvalue weighted by molar-refractivity contribution is -0.386. The Kier molecular flexibility index (Phi) is 30.9. The molecule has 29 nitrogen and oxygen atoms in total. The molecule has 386 valence electrons.